The number of primary sulfonamides is 1. The van der Waals surface area contributed by atoms with Crippen LogP contribution in [0.15, 0.2) is 0 Å². The number of rotatable bonds is 2. The van der Waals surface area contributed by atoms with Crippen LogP contribution in [-0.2, 0) is 14.8 Å². The Labute approximate surface area is 66.2 Å². The van der Waals surface area contributed by atoms with Crippen molar-refractivity contribution in [3.05, 3.63) is 0 Å². The minimum atomic E-state index is -3.74. The van der Waals surface area contributed by atoms with Crippen LogP contribution in [0.5, 0.6) is 0 Å². The second-order valence-corrected chi connectivity index (χ2v) is 4.35. The summed E-state index contributed by atoms with van der Waals surface area (Å²) in [6.07, 6.45) is 0. The van der Waals surface area contributed by atoms with Crippen molar-refractivity contribution in [2.24, 2.45) is 5.14 Å². The first-order chi connectivity index (χ1) is 4.76. The Bertz CT molecular complexity index is 244. The molecular formula is C5H12N2O3S. The molecule has 1 atom stereocenters. The summed E-state index contributed by atoms with van der Waals surface area (Å²) in [6.45, 7) is 1.26. The van der Waals surface area contributed by atoms with Crippen LogP contribution in [0.3, 0.4) is 0 Å². The number of sulfonamides is 1. The second kappa shape index (κ2) is 3.19. The van der Waals surface area contributed by atoms with Crippen LogP contribution in [0.4, 0.5) is 0 Å². The van der Waals surface area contributed by atoms with Crippen LogP contribution >= 0.6 is 0 Å². The lowest BCUT2D eigenvalue weighted by Gasteiger charge is -2.14. The van der Waals surface area contributed by atoms with E-state index in [2.05, 4.69) is 0 Å². The average Bonchev–Trinajstić information content (AvgIpc) is 1.82. The Kier molecular flexibility index (Phi) is 3.01. The van der Waals surface area contributed by atoms with Gasteiger partial charge >= 0.3 is 0 Å². The fraction of sp³-hybridized carbons (Fsp3) is 0.800. The Balaban J connectivity index is 4.53. The number of hydrogen-bond donors (Lipinski definition) is 1. The van der Waals surface area contributed by atoms with Gasteiger partial charge in [0.2, 0.25) is 15.9 Å². The highest BCUT2D eigenvalue weighted by Crippen LogP contribution is 1.97. The van der Waals surface area contributed by atoms with E-state index in [1.165, 1.54) is 25.9 Å². The summed E-state index contributed by atoms with van der Waals surface area (Å²) in [6, 6.07) is 0. The quantitative estimate of drug-likeness (QED) is 0.576. The predicted molar refractivity (Wildman–Crippen MR) is 41.3 cm³/mol. The minimum Gasteiger partial charge on any atom is -0.348 e. The van der Waals surface area contributed by atoms with Gasteiger partial charge in [0.15, 0.2) is 5.25 Å². The molecule has 0 aromatic rings. The molecule has 11 heavy (non-hydrogen) atoms. The van der Waals surface area contributed by atoms with Crippen LogP contribution in [0.1, 0.15) is 6.92 Å². The molecule has 6 heteroatoms. The van der Waals surface area contributed by atoms with Crippen molar-refractivity contribution in [2.75, 3.05) is 14.1 Å². The van der Waals surface area contributed by atoms with Crippen LogP contribution in [0.25, 0.3) is 0 Å². The van der Waals surface area contributed by atoms with E-state index in [0.29, 0.717) is 0 Å². The molecular weight excluding hydrogens is 168 g/mol. The molecule has 0 spiro atoms. The highest BCUT2D eigenvalue weighted by atomic mass is 32.2. The molecule has 0 saturated heterocycles. The fourth-order valence-corrected chi connectivity index (χ4v) is 0.996. The molecule has 5 nitrogen and oxygen atoms in total. The first-order valence-electron chi connectivity index (χ1n) is 2.99. The van der Waals surface area contributed by atoms with Crippen LogP contribution < -0.4 is 5.14 Å². The number of hydrogen-bond acceptors (Lipinski definition) is 3. The third-order valence-corrected chi connectivity index (χ3v) is 2.47. The van der Waals surface area contributed by atoms with Crippen molar-refractivity contribution in [3.63, 3.8) is 0 Å². The number of amides is 1. The molecule has 0 aliphatic carbocycles. The van der Waals surface area contributed by atoms with Crippen molar-refractivity contribution in [3.8, 4) is 0 Å². The maximum absolute atomic E-state index is 11.0. The third kappa shape index (κ3) is 2.85. The van der Waals surface area contributed by atoms with Crippen molar-refractivity contribution >= 4 is 15.9 Å². The van der Waals surface area contributed by atoms with Crippen LogP contribution in [-0.4, -0.2) is 38.6 Å². The van der Waals surface area contributed by atoms with Crippen LogP contribution in [0, 0.1) is 0 Å². The summed E-state index contributed by atoms with van der Waals surface area (Å²) in [7, 11) is -0.786. The van der Waals surface area contributed by atoms with E-state index in [9.17, 15) is 13.2 Å². The molecule has 2 N–H and O–H groups in total. The molecule has 1 amide bonds. The van der Waals surface area contributed by atoms with Gasteiger partial charge in [-0.05, 0) is 6.92 Å². The number of carbonyl (C=O) groups excluding carboxylic acids is 1. The SMILES string of the molecule is CC(C(=O)N(C)C)S(N)(=O)=O. The summed E-state index contributed by atoms with van der Waals surface area (Å²) >= 11 is 0. The van der Waals surface area contributed by atoms with Crippen molar-refractivity contribution in [2.45, 2.75) is 12.2 Å². The van der Waals surface area contributed by atoms with E-state index < -0.39 is 21.2 Å². The lowest BCUT2D eigenvalue weighted by molar-refractivity contribution is -0.127. The normalized spacial score (nSPS) is 14.2. The van der Waals surface area contributed by atoms with Crippen molar-refractivity contribution in [1.82, 2.24) is 4.90 Å². The first-order valence-corrected chi connectivity index (χ1v) is 4.60. The summed E-state index contributed by atoms with van der Waals surface area (Å²) in [5.41, 5.74) is 0. The number of nitrogens with two attached hydrogens (primary N) is 1. The maximum atomic E-state index is 11.0. The third-order valence-electron chi connectivity index (χ3n) is 1.28. The van der Waals surface area contributed by atoms with E-state index in [1.54, 1.807) is 0 Å². The Hall–Kier alpha value is -0.620. The summed E-state index contributed by atoms with van der Waals surface area (Å²) in [5, 5.41) is 3.59. The van der Waals surface area contributed by atoms with Gasteiger partial charge in [0, 0.05) is 14.1 Å². The molecule has 0 bridgehead atoms. The number of nitrogens with zero attached hydrogens (tertiary/aromatic N) is 1. The number of carbonyl (C=O) groups is 1. The van der Waals surface area contributed by atoms with E-state index in [0.717, 1.165) is 0 Å². The Morgan fingerprint density at radius 1 is 1.45 bits per heavy atom. The molecule has 0 radical (unpaired) electrons. The minimum absolute atomic E-state index is 0.507. The van der Waals surface area contributed by atoms with Gasteiger partial charge in [-0.1, -0.05) is 0 Å². The van der Waals surface area contributed by atoms with Gasteiger partial charge < -0.3 is 4.90 Å². The Morgan fingerprint density at radius 3 is 1.91 bits per heavy atom. The van der Waals surface area contributed by atoms with Gasteiger partial charge in [-0.15, -0.1) is 0 Å². The second-order valence-electron chi connectivity index (χ2n) is 2.46. The fourth-order valence-electron chi connectivity index (χ4n) is 0.504. The van der Waals surface area contributed by atoms with Crippen molar-refractivity contribution in [1.29, 1.82) is 0 Å². The van der Waals surface area contributed by atoms with E-state index in [1.807, 2.05) is 0 Å². The molecule has 0 aliphatic rings. The molecule has 0 saturated carbocycles. The zero-order valence-corrected chi connectivity index (χ0v) is 7.55. The average molecular weight is 180 g/mol. The van der Waals surface area contributed by atoms with Gasteiger partial charge in [0.05, 0.1) is 0 Å². The molecule has 0 aromatic carbocycles. The van der Waals surface area contributed by atoms with E-state index >= 15 is 0 Å². The highest BCUT2D eigenvalue weighted by molar-refractivity contribution is 7.90. The van der Waals surface area contributed by atoms with Gasteiger partial charge in [0.1, 0.15) is 0 Å². The first kappa shape index (κ1) is 10.4. The lowest BCUT2D eigenvalue weighted by atomic mass is 10.4. The molecule has 1 unspecified atom stereocenters. The lowest BCUT2D eigenvalue weighted by Crippen LogP contribution is -2.40. The van der Waals surface area contributed by atoms with Gasteiger partial charge in [-0.25, -0.2) is 13.6 Å². The monoisotopic (exact) mass is 180 g/mol. The smallest absolute Gasteiger partial charge is 0.241 e. The van der Waals surface area contributed by atoms with Gasteiger partial charge in [-0.2, -0.15) is 0 Å². The zero-order chi connectivity index (χ0) is 9.23. The summed E-state index contributed by atoms with van der Waals surface area (Å²) < 4.78 is 21.2. The van der Waals surface area contributed by atoms with Gasteiger partial charge in [-0.3, -0.25) is 4.79 Å². The topological polar surface area (TPSA) is 80.5 Å². The summed E-state index contributed by atoms with van der Waals surface area (Å²) in [4.78, 5) is 12.1. The van der Waals surface area contributed by atoms with Gasteiger partial charge in [0.25, 0.3) is 0 Å². The van der Waals surface area contributed by atoms with E-state index in [4.69, 9.17) is 5.14 Å². The maximum Gasteiger partial charge on any atom is 0.241 e. The summed E-state index contributed by atoms with van der Waals surface area (Å²) in [5.74, 6) is -0.507. The molecule has 0 aromatic heterocycles. The molecule has 66 valence electrons. The molecule has 0 aliphatic heterocycles. The molecule has 0 fully saturated rings. The Morgan fingerprint density at radius 2 is 1.82 bits per heavy atom. The highest BCUT2D eigenvalue weighted by Gasteiger charge is 2.25. The molecule has 0 rings (SSSR count). The van der Waals surface area contributed by atoms with Crippen LogP contribution in [0.2, 0.25) is 0 Å². The van der Waals surface area contributed by atoms with Crippen molar-refractivity contribution < 1.29 is 13.2 Å². The largest absolute Gasteiger partial charge is 0.348 e. The standard InChI is InChI=1S/C5H12N2O3S/c1-4(11(6,9)10)5(8)7(2)3/h4H,1-3H3,(H2,6,9,10). The zero-order valence-electron chi connectivity index (χ0n) is 6.73. The van der Waals surface area contributed by atoms with E-state index in [-0.39, 0.29) is 0 Å². The predicted octanol–water partition coefficient (Wildman–Crippen LogP) is -1.25. The molecule has 0 heterocycles.